The molecule has 150 valence electrons. The number of imide groups is 2. The van der Waals surface area contributed by atoms with E-state index >= 15 is 0 Å². The van der Waals surface area contributed by atoms with Crippen LogP contribution in [0.3, 0.4) is 0 Å². The second-order valence-corrected chi connectivity index (χ2v) is 6.79. The summed E-state index contributed by atoms with van der Waals surface area (Å²) >= 11 is 0. The van der Waals surface area contributed by atoms with Crippen LogP contribution in [0, 0.1) is 0 Å². The Bertz CT molecular complexity index is 995. The molecule has 1 atom stereocenters. The summed E-state index contributed by atoms with van der Waals surface area (Å²) in [6, 6.07) is 10.7. The van der Waals surface area contributed by atoms with Crippen LogP contribution in [0.15, 0.2) is 48.0 Å². The van der Waals surface area contributed by atoms with Crippen LogP contribution >= 0.6 is 0 Å². The number of phenols is 1. The molecule has 2 N–H and O–H groups in total. The Kier molecular flexibility index (Phi) is 5.68. The molecule has 7 nitrogen and oxygen atoms in total. The first kappa shape index (κ1) is 20.1. The fourth-order valence-corrected chi connectivity index (χ4v) is 3.03. The van der Waals surface area contributed by atoms with Gasteiger partial charge < -0.3 is 9.84 Å². The zero-order chi connectivity index (χ0) is 21.1. The Labute approximate surface area is 168 Å². The lowest BCUT2D eigenvalue weighted by atomic mass is 9.98. The highest BCUT2D eigenvalue weighted by Gasteiger charge is 2.36. The van der Waals surface area contributed by atoms with Crippen molar-refractivity contribution in [2.24, 2.45) is 0 Å². The van der Waals surface area contributed by atoms with Crippen LogP contribution in [0.25, 0.3) is 6.08 Å². The van der Waals surface area contributed by atoms with Gasteiger partial charge in [0, 0.05) is 0 Å². The Morgan fingerprint density at radius 1 is 1.14 bits per heavy atom. The third kappa shape index (κ3) is 3.99. The van der Waals surface area contributed by atoms with Gasteiger partial charge in [-0.05, 0) is 53.8 Å². The SMILES string of the molecule is CC[C@@H](C)c1ccc(N2C(=O)NC(=O)/C(=C/c3ccc(O)c(OC)c3)C2=O)cc1. The summed E-state index contributed by atoms with van der Waals surface area (Å²) < 4.78 is 5.05. The number of amides is 4. The van der Waals surface area contributed by atoms with Crippen LogP contribution in [0.1, 0.15) is 37.3 Å². The maximum atomic E-state index is 12.9. The third-order valence-electron chi connectivity index (χ3n) is 4.95. The summed E-state index contributed by atoms with van der Waals surface area (Å²) in [5.41, 5.74) is 1.76. The quantitative estimate of drug-likeness (QED) is 0.597. The van der Waals surface area contributed by atoms with Gasteiger partial charge in [0.15, 0.2) is 11.5 Å². The molecule has 2 aromatic carbocycles. The second-order valence-electron chi connectivity index (χ2n) is 6.79. The van der Waals surface area contributed by atoms with Crippen LogP contribution in [0.5, 0.6) is 11.5 Å². The normalized spacial score (nSPS) is 16.7. The van der Waals surface area contributed by atoms with Crippen molar-refractivity contribution in [3.05, 3.63) is 59.2 Å². The van der Waals surface area contributed by atoms with E-state index < -0.39 is 17.8 Å². The van der Waals surface area contributed by atoms with Gasteiger partial charge in [-0.1, -0.05) is 32.0 Å². The van der Waals surface area contributed by atoms with E-state index in [1.54, 1.807) is 12.1 Å². The summed E-state index contributed by atoms with van der Waals surface area (Å²) in [5, 5.41) is 11.9. The minimum atomic E-state index is -0.795. The fourth-order valence-electron chi connectivity index (χ4n) is 3.03. The summed E-state index contributed by atoms with van der Waals surface area (Å²) in [4.78, 5) is 38.5. The molecule has 0 saturated carbocycles. The number of barbiturate groups is 1. The number of benzene rings is 2. The van der Waals surface area contributed by atoms with Gasteiger partial charge in [0.1, 0.15) is 5.57 Å². The smallest absolute Gasteiger partial charge is 0.335 e. The maximum Gasteiger partial charge on any atom is 0.335 e. The third-order valence-corrected chi connectivity index (χ3v) is 4.95. The second kappa shape index (κ2) is 8.18. The molecular formula is C22H22N2O5. The summed E-state index contributed by atoms with van der Waals surface area (Å²) in [7, 11) is 1.40. The zero-order valence-corrected chi connectivity index (χ0v) is 16.4. The van der Waals surface area contributed by atoms with Gasteiger partial charge in [0.25, 0.3) is 11.8 Å². The van der Waals surface area contributed by atoms with Gasteiger partial charge in [-0.2, -0.15) is 0 Å². The van der Waals surface area contributed by atoms with E-state index in [4.69, 9.17) is 4.74 Å². The van der Waals surface area contributed by atoms with Crippen LogP contribution in [-0.4, -0.2) is 30.1 Å². The van der Waals surface area contributed by atoms with Crippen molar-refractivity contribution in [2.75, 3.05) is 12.0 Å². The molecule has 0 bridgehead atoms. The van der Waals surface area contributed by atoms with Crippen molar-refractivity contribution >= 4 is 29.6 Å². The predicted molar refractivity (Wildman–Crippen MR) is 109 cm³/mol. The predicted octanol–water partition coefficient (Wildman–Crippen LogP) is 3.58. The highest BCUT2D eigenvalue weighted by molar-refractivity contribution is 6.39. The van der Waals surface area contributed by atoms with E-state index in [0.717, 1.165) is 16.9 Å². The molecule has 0 unspecified atom stereocenters. The largest absolute Gasteiger partial charge is 0.504 e. The molecule has 3 rings (SSSR count). The Hall–Kier alpha value is -3.61. The number of nitrogens with zero attached hydrogens (tertiary/aromatic N) is 1. The van der Waals surface area contributed by atoms with Crippen molar-refractivity contribution in [1.82, 2.24) is 5.32 Å². The van der Waals surface area contributed by atoms with Crippen molar-refractivity contribution in [2.45, 2.75) is 26.2 Å². The van der Waals surface area contributed by atoms with E-state index in [9.17, 15) is 19.5 Å². The number of aromatic hydroxyl groups is 1. The first-order chi connectivity index (χ1) is 13.8. The lowest BCUT2D eigenvalue weighted by molar-refractivity contribution is -0.122. The highest BCUT2D eigenvalue weighted by Crippen LogP contribution is 2.29. The molecule has 4 amide bonds. The number of ether oxygens (including phenoxy) is 1. The number of carbonyl (C=O) groups excluding carboxylic acids is 3. The van der Waals surface area contributed by atoms with Crippen molar-refractivity contribution in [3.8, 4) is 11.5 Å². The lowest BCUT2D eigenvalue weighted by Crippen LogP contribution is -2.54. The van der Waals surface area contributed by atoms with E-state index in [1.165, 1.54) is 31.4 Å². The zero-order valence-electron chi connectivity index (χ0n) is 16.4. The summed E-state index contributed by atoms with van der Waals surface area (Å²) in [6.07, 6.45) is 2.33. The Morgan fingerprint density at radius 3 is 2.45 bits per heavy atom. The van der Waals surface area contributed by atoms with Crippen LogP contribution in [-0.2, 0) is 9.59 Å². The number of hydrogen-bond donors (Lipinski definition) is 2. The number of phenolic OH excluding ortho intramolecular Hbond substituents is 1. The van der Waals surface area contributed by atoms with Crippen molar-refractivity contribution in [1.29, 1.82) is 0 Å². The molecular weight excluding hydrogens is 372 g/mol. The van der Waals surface area contributed by atoms with E-state index in [2.05, 4.69) is 19.2 Å². The van der Waals surface area contributed by atoms with Gasteiger partial charge in [0.05, 0.1) is 12.8 Å². The van der Waals surface area contributed by atoms with Gasteiger partial charge in [-0.15, -0.1) is 0 Å². The van der Waals surface area contributed by atoms with Gasteiger partial charge >= 0.3 is 6.03 Å². The standard InChI is InChI=1S/C22H22N2O5/c1-4-13(2)15-6-8-16(9-7-15)24-21(27)17(20(26)23-22(24)28)11-14-5-10-18(25)19(12-14)29-3/h5-13,25H,4H2,1-3H3,(H,23,26,28)/b17-11-/t13-/m1/s1. The molecule has 1 heterocycles. The van der Waals surface area contributed by atoms with Gasteiger partial charge in [-0.25, -0.2) is 9.69 Å². The fraction of sp³-hybridized carbons (Fsp3) is 0.227. The molecule has 2 aromatic rings. The molecule has 1 saturated heterocycles. The molecule has 1 aliphatic heterocycles. The average Bonchev–Trinajstić information content (AvgIpc) is 2.72. The summed E-state index contributed by atoms with van der Waals surface area (Å²) in [6.45, 7) is 4.18. The number of anilines is 1. The number of hydrogen-bond acceptors (Lipinski definition) is 5. The van der Waals surface area contributed by atoms with Crippen molar-refractivity contribution < 1.29 is 24.2 Å². The monoisotopic (exact) mass is 394 g/mol. The first-order valence-corrected chi connectivity index (χ1v) is 9.24. The number of methoxy groups -OCH3 is 1. The van der Waals surface area contributed by atoms with E-state index in [0.29, 0.717) is 17.2 Å². The minimum absolute atomic E-state index is 0.0627. The topological polar surface area (TPSA) is 95.9 Å². The maximum absolute atomic E-state index is 12.9. The average molecular weight is 394 g/mol. The highest BCUT2D eigenvalue weighted by atomic mass is 16.5. The van der Waals surface area contributed by atoms with Gasteiger partial charge in [-0.3, -0.25) is 14.9 Å². The van der Waals surface area contributed by atoms with E-state index in [-0.39, 0.29) is 17.1 Å². The lowest BCUT2D eigenvalue weighted by Gasteiger charge is -2.26. The molecule has 29 heavy (non-hydrogen) atoms. The van der Waals surface area contributed by atoms with Crippen LogP contribution in [0.2, 0.25) is 0 Å². The van der Waals surface area contributed by atoms with Crippen LogP contribution in [0.4, 0.5) is 10.5 Å². The first-order valence-electron chi connectivity index (χ1n) is 9.24. The minimum Gasteiger partial charge on any atom is -0.504 e. The number of carbonyl (C=O) groups is 3. The molecule has 0 aliphatic carbocycles. The number of rotatable bonds is 5. The molecule has 1 fully saturated rings. The molecule has 0 aromatic heterocycles. The molecule has 1 aliphatic rings. The summed E-state index contributed by atoms with van der Waals surface area (Å²) in [5.74, 6) is -0.998. The molecule has 0 spiro atoms. The molecule has 7 heteroatoms. The van der Waals surface area contributed by atoms with E-state index in [1.807, 2.05) is 12.1 Å². The van der Waals surface area contributed by atoms with Crippen molar-refractivity contribution in [3.63, 3.8) is 0 Å². The number of nitrogens with one attached hydrogen (secondary N) is 1. The molecule has 0 radical (unpaired) electrons. The van der Waals surface area contributed by atoms with Gasteiger partial charge in [0.2, 0.25) is 0 Å². The Balaban J connectivity index is 1.96. The number of urea groups is 1. The Morgan fingerprint density at radius 2 is 1.83 bits per heavy atom. The van der Waals surface area contributed by atoms with Crippen LogP contribution < -0.4 is 15.0 Å².